The number of carboxylic acid groups (broad SMARTS) is 1. The molecule has 1 rings (SSSR count). The molecule has 5 nitrogen and oxygen atoms in total. The van der Waals surface area contributed by atoms with E-state index in [1.807, 2.05) is 0 Å². The van der Waals surface area contributed by atoms with Crippen molar-refractivity contribution in [1.29, 1.82) is 5.26 Å². The number of hydrogen-bond acceptors (Lipinski definition) is 4. The molecule has 0 aliphatic heterocycles. The zero-order valence-electron chi connectivity index (χ0n) is 8.78. The fourth-order valence-corrected chi connectivity index (χ4v) is 1.33. The number of nitrogens with zero attached hydrogens (tertiary/aromatic N) is 2. The molecule has 7 heteroatoms. The average Bonchev–Trinajstić information content (AvgIpc) is 2.26. The van der Waals surface area contributed by atoms with Crippen LogP contribution < -0.4 is 4.74 Å². The first-order valence-electron chi connectivity index (χ1n) is 4.47. The van der Waals surface area contributed by atoms with E-state index in [2.05, 4.69) is 4.98 Å². The van der Waals surface area contributed by atoms with Gasteiger partial charge in [0, 0.05) is 0 Å². The van der Waals surface area contributed by atoms with Crippen LogP contribution in [-0.2, 0) is 11.2 Å². The van der Waals surface area contributed by atoms with E-state index < -0.39 is 24.4 Å². The van der Waals surface area contributed by atoms with Gasteiger partial charge in [-0.15, -0.1) is 0 Å². The molecule has 0 aliphatic rings. The molecule has 17 heavy (non-hydrogen) atoms. The second kappa shape index (κ2) is 5.21. The maximum atomic E-state index is 12.7. The van der Waals surface area contributed by atoms with Crippen LogP contribution in [0.25, 0.3) is 0 Å². The highest BCUT2D eigenvalue weighted by atomic mass is 19.3. The maximum absolute atomic E-state index is 12.7. The van der Waals surface area contributed by atoms with Crippen LogP contribution in [0, 0.1) is 11.3 Å². The van der Waals surface area contributed by atoms with E-state index in [4.69, 9.17) is 15.1 Å². The van der Waals surface area contributed by atoms with E-state index >= 15 is 0 Å². The number of hydrogen-bond donors (Lipinski definition) is 1. The number of nitriles is 1. The van der Waals surface area contributed by atoms with Crippen molar-refractivity contribution in [1.82, 2.24) is 4.98 Å². The summed E-state index contributed by atoms with van der Waals surface area (Å²) in [4.78, 5) is 14.2. The Hall–Kier alpha value is -2.23. The van der Waals surface area contributed by atoms with Crippen molar-refractivity contribution in [3.8, 4) is 11.8 Å². The molecule has 0 aliphatic carbocycles. The first-order valence-corrected chi connectivity index (χ1v) is 4.47. The topological polar surface area (TPSA) is 83.2 Å². The van der Waals surface area contributed by atoms with Crippen molar-refractivity contribution in [3.63, 3.8) is 0 Å². The van der Waals surface area contributed by atoms with Crippen molar-refractivity contribution in [2.24, 2.45) is 0 Å². The van der Waals surface area contributed by atoms with E-state index in [1.54, 1.807) is 6.07 Å². The summed E-state index contributed by atoms with van der Waals surface area (Å²) in [7, 11) is 1.14. The SMILES string of the molecule is COc1c(C(F)F)cc(C#N)nc1CC(=O)O. The summed E-state index contributed by atoms with van der Waals surface area (Å²) in [5, 5.41) is 17.2. The smallest absolute Gasteiger partial charge is 0.309 e. The lowest BCUT2D eigenvalue weighted by Gasteiger charge is -2.11. The quantitative estimate of drug-likeness (QED) is 0.865. The van der Waals surface area contributed by atoms with Gasteiger partial charge in [0.05, 0.1) is 24.8 Å². The third-order valence-corrected chi connectivity index (χ3v) is 1.94. The Kier molecular flexibility index (Phi) is 3.93. The molecule has 1 heterocycles. The van der Waals surface area contributed by atoms with Gasteiger partial charge < -0.3 is 9.84 Å². The minimum absolute atomic E-state index is 0.186. The van der Waals surface area contributed by atoms with Crippen LogP contribution >= 0.6 is 0 Å². The summed E-state index contributed by atoms with van der Waals surface area (Å²) in [6.07, 6.45) is -3.45. The van der Waals surface area contributed by atoms with Gasteiger partial charge in [-0.1, -0.05) is 0 Å². The highest BCUT2D eigenvalue weighted by Gasteiger charge is 2.21. The number of aromatic nitrogens is 1. The summed E-state index contributed by atoms with van der Waals surface area (Å²) in [5.41, 5.74) is -0.984. The number of carboxylic acids is 1. The average molecular weight is 242 g/mol. The molecule has 0 bridgehead atoms. The fraction of sp³-hybridized carbons (Fsp3) is 0.300. The third kappa shape index (κ3) is 2.87. The Morgan fingerprint density at radius 1 is 1.71 bits per heavy atom. The van der Waals surface area contributed by atoms with Gasteiger partial charge in [-0.2, -0.15) is 5.26 Å². The zero-order valence-corrected chi connectivity index (χ0v) is 8.78. The van der Waals surface area contributed by atoms with E-state index in [-0.39, 0.29) is 17.1 Å². The van der Waals surface area contributed by atoms with Crippen molar-refractivity contribution >= 4 is 5.97 Å². The number of carbonyl (C=O) groups is 1. The lowest BCUT2D eigenvalue weighted by Crippen LogP contribution is -2.08. The van der Waals surface area contributed by atoms with Crippen molar-refractivity contribution < 1.29 is 23.4 Å². The van der Waals surface area contributed by atoms with Crippen LogP contribution in [0.3, 0.4) is 0 Å². The van der Waals surface area contributed by atoms with E-state index in [0.29, 0.717) is 0 Å². The number of ether oxygens (including phenoxy) is 1. The number of pyridine rings is 1. The molecule has 0 spiro atoms. The fourth-order valence-electron chi connectivity index (χ4n) is 1.33. The highest BCUT2D eigenvalue weighted by molar-refractivity contribution is 5.71. The summed E-state index contributed by atoms with van der Waals surface area (Å²) >= 11 is 0. The summed E-state index contributed by atoms with van der Waals surface area (Å²) in [5.74, 6) is -1.53. The van der Waals surface area contributed by atoms with Crippen LogP contribution in [0.5, 0.6) is 5.75 Å². The van der Waals surface area contributed by atoms with Gasteiger partial charge in [-0.05, 0) is 6.07 Å². The number of rotatable bonds is 4. The predicted molar refractivity (Wildman–Crippen MR) is 51.8 cm³/mol. The van der Waals surface area contributed by atoms with E-state index in [9.17, 15) is 13.6 Å². The minimum Gasteiger partial charge on any atom is -0.494 e. The van der Waals surface area contributed by atoms with E-state index in [0.717, 1.165) is 13.2 Å². The van der Waals surface area contributed by atoms with Gasteiger partial charge in [0.1, 0.15) is 17.5 Å². The Morgan fingerprint density at radius 2 is 2.35 bits per heavy atom. The van der Waals surface area contributed by atoms with Crippen molar-refractivity contribution in [2.45, 2.75) is 12.8 Å². The van der Waals surface area contributed by atoms with Gasteiger partial charge in [-0.25, -0.2) is 13.8 Å². The molecule has 0 fully saturated rings. The van der Waals surface area contributed by atoms with Crippen LogP contribution in [0.15, 0.2) is 6.07 Å². The molecule has 1 aromatic rings. The van der Waals surface area contributed by atoms with Crippen LogP contribution in [0.2, 0.25) is 0 Å². The van der Waals surface area contributed by atoms with Gasteiger partial charge in [0.25, 0.3) is 6.43 Å². The summed E-state index contributed by atoms with van der Waals surface area (Å²) in [6.45, 7) is 0. The Labute approximate surface area is 95.3 Å². The normalized spacial score (nSPS) is 10.1. The zero-order chi connectivity index (χ0) is 13.0. The summed E-state index contributed by atoms with van der Waals surface area (Å²) in [6, 6.07) is 2.48. The lowest BCUT2D eigenvalue weighted by molar-refractivity contribution is -0.136. The number of aliphatic carboxylic acids is 1. The van der Waals surface area contributed by atoms with Gasteiger partial charge >= 0.3 is 5.97 Å². The Bertz CT molecular complexity index is 483. The second-order valence-electron chi connectivity index (χ2n) is 3.06. The largest absolute Gasteiger partial charge is 0.494 e. The van der Waals surface area contributed by atoms with E-state index in [1.165, 1.54) is 0 Å². The van der Waals surface area contributed by atoms with Crippen molar-refractivity contribution in [3.05, 3.63) is 23.0 Å². The molecule has 0 unspecified atom stereocenters. The maximum Gasteiger partial charge on any atom is 0.309 e. The molecule has 0 amide bonds. The van der Waals surface area contributed by atoms with Crippen molar-refractivity contribution in [2.75, 3.05) is 7.11 Å². The molecule has 0 saturated carbocycles. The molecule has 1 aromatic heterocycles. The molecule has 0 saturated heterocycles. The van der Waals surface area contributed by atoms with Gasteiger partial charge in [0.2, 0.25) is 0 Å². The lowest BCUT2D eigenvalue weighted by atomic mass is 10.1. The molecule has 0 atom stereocenters. The number of alkyl halides is 2. The molecule has 0 aromatic carbocycles. The highest BCUT2D eigenvalue weighted by Crippen LogP contribution is 2.32. The Morgan fingerprint density at radius 3 is 2.76 bits per heavy atom. The monoisotopic (exact) mass is 242 g/mol. The van der Waals surface area contributed by atoms with Crippen LogP contribution in [0.4, 0.5) is 8.78 Å². The first-order chi connectivity index (χ1) is 7.99. The minimum atomic E-state index is -2.87. The van der Waals surface area contributed by atoms with Gasteiger partial charge in [0.15, 0.2) is 0 Å². The molecular formula is C10H8F2N2O3. The number of methoxy groups -OCH3 is 1. The second-order valence-corrected chi connectivity index (χ2v) is 3.06. The molecule has 90 valence electrons. The third-order valence-electron chi connectivity index (χ3n) is 1.94. The number of halogens is 2. The predicted octanol–water partition coefficient (Wildman–Crippen LogP) is 1.53. The molecule has 0 radical (unpaired) electrons. The molecular weight excluding hydrogens is 234 g/mol. The van der Waals surface area contributed by atoms with Gasteiger partial charge in [-0.3, -0.25) is 4.79 Å². The summed E-state index contributed by atoms with van der Waals surface area (Å²) < 4.78 is 30.1. The molecule has 1 N–H and O–H groups in total. The van der Waals surface area contributed by atoms with Crippen LogP contribution in [0.1, 0.15) is 23.4 Å². The Balaban J connectivity index is 3.40. The van der Waals surface area contributed by atoms with Crippen LogP contribution in [-0.4, -0.2) is 23.2 Å². The first kappa shape index (κ1) is 12.8. The standard InChI is InChI=1S/C10H8F2N2O3/c1-17-9-6(10(11)12)2-5(4-13)14-7(9)3-8(15)16/h2,10H,3H2,1H3,(H,15,16).